The SMILES string of the molecule is CC(O)C1CCN(C(=O)NCc2ncc(-c3ccccc3)o2)CC1. The number of nitrogens with zero attached hydrogens (tertiary/aromatic N) is 2. The van der Waals surface area contributed by atoms with E-state index in [1.54, 1.807) is 11.1 Å². The minimum absolute atomic E-state index is 0.112. The summed E-state index contributed by atoms with van der Waals surface area (Å²) >= 11 is 0. The smallest absolute Gasteiger partial charge is 0.317 e. The molecule has 1 saturated heterocycles. The fraction of sp³-hybridized carbons (Fsp3) is 0.444. The van der Waals surface area contributed by atoms with Crippen LogP contribution < -0.4 is 5.32 Å². The molecule has 1 aromatic heterocycles. The van der Waals surface area contributed by atoms with Crippen LogP contribution in [0, 0.1) is 5.92 Å². The summed E-state index contributed by atoms with van der Waals surface area (Å²) in [6, 6.07) is 9.62. The Morgan fingerprint density at radius 2 is 2.08 bits per heavy atom. The van der Waals surface area contributed by atoms with Crippen LogP contribution in [0.15, 0.2) is 40.9 Å². The van der Waals surface area contributed by atoms with Crippen molar-refractivity contribution in [1.82, 2.24) is 15.2 Å². The zero-order chi connectivity index (χ0) is 16.9. The number of nitrogens with one attached hydrogen (secondary N) is 1. The maximum Gasteiger partial charge on any atom is 0.317 e. The summed E-state index contributed by atoms with van der Waals surface area (Å²) in [5.74, 6) is 1.47. The number of rotatable bonds is 4. The van der Waals surface area contributed by atoms with Crippen molar-refractivity contribution in [2.75, 3.05) is 13.1 Å². The summed E-state index contributed by atoms with van der Waals surface area (Å²) in [5.41, 5.74) is 0.961. The first kappa shape index (κ1) is 16.5. The summed E-state index contributed by atoms with van der Waals surface area (Å²) in [6.07, 6.45) is 3.04. The predicted octanol–water partition coefficient (Wildman–Crippen LogP) is 2.64. The first-order valence-corrected chi connectivity index (χ1v) is 8.34. The second-order valence-electron chi connectivity index (χ2n) is 6.21. The lowest BCUT2D eigenvalue weighted by Gasteiger charge is -2.33. The Morgan fingerprint density at radius 1 is 1.38 bits per heavy atom. The van der Waals surface area contributed by atoms with Crippen LogP contribution in [0.5, 0.6) is 0 Å². The molecule has 0 spiro atoms. The van der Waals surface area contributed by atoms with E-state index >= 15 is 0 Å². The lowest BCUT2D eigenvalue weighted by Crippen LogP contribution is -2.45. The van der Waals surface area contributed by atoms with Crippen LogP contribution >= 0.6 is 0 Å². The van der Waals surface area contributed by atoms with Crippen molar-refractivity contribution in [2.45, 2.75) is 32.4 Å². The third-order valence-corrected chi connectivity index (χ3v) is 4.51. The van der Waals surface area contributed by atoms with Crippen LogP contribution in [0.2, 0.25) is 0 Å². The third-order valence-electron chi connectivity index (χ3n) is 4.51. The van der Waals surface area contributed by atoms with E-state index in [0.29, 0.717) is 24.7 Å². The molecule has 1 fully saturated rings. The standard InChI is InChI=1S/C18H23N3O3/c1-13(22)14-7-9-21(10-8-14)18(23)20-12-17-19-11-16(24-17)15-5-3-2-4-6-15/h2-6,11,13-14,22H,7-10,12H2,1H3,(H,20,23). The summed E-state index contributed by atoms with van der Waals surface area (Å²) in [4.78, 5) is 18.2. The van der Waals surface area contributed by atoms with Crippen molar-refractivity contribution in [3.8, 4) is 11.3 Å². The molecule has 1 aromatic carbocycles. The number of carbonyl (C=O) groups is 1. The van der Waals surface area contributed by atoms with E-state index in [0.717, 1.165) is 18.4 Å². The van der Waals surface area contributed by atoms with Gasteiger partial charge in [-0.1, -0.05) is 30.3 Å². The lowest BCUT2D eigenvalue weighted by atomic mass is 9.92. The van der Waals surface area contributed by atoms with Gasteiger partial charge in [0.25, 0.3) is 0 Å². The third kappa shape index (κ3) is 3.94. The highest BCUT2D eigenvalue weighted by Gasteiger charge is 2.25. The Kier molecular flexibility index (Phi) is 5.15. The van der Waals surface area contributed by atoms with E-state index < -0.39 is 0 Å². The van der Waals surface area contributed by atoms with Crippen LogP contribution in [0.3, 0.4) is 0 Å². The number of hydrogen-bond acceptors (Lipinski definition) is 4. The Balaban J connectivity index is 1.50. The number of likely N-dealkylation sites (tertiary alicyclic amines) is 1. The number of aromatic nitrogens is 1. The van der Waals surface area contributed by atoms with Gasteiger partial charge in [0.05, 0.1) is 18.8 Å². The van der Waals surface area contributed by atoms with Gasteiger partial charge in [0.2, 0.25) is 5.89 Å². The molecule has 1 aliphatic heterocycles. The molecular formula is C18H23N3O3. The summed E-state index contributed by atoms with van der Waals surface area (Å²) in [6.45, 7) is 3.42. The molecule has 24 heavy (non-hydrogen) atoms. The lowest BCUT2D eigenvalue weighted by molar-refractivity contribution is 0.0797. The predicted molar refractivity (Wildman–Crippen MR) is 90.2 cm³/mol. The Bertz CT molecular complexity index is 661. The summed E-state index contributed by atoms with van der Waals surface area (Å²) < 4.78 is 5.68. The van der Waals surface area contributed by atoms with Gasteiger partial charge < -0.3 is 19.7 Å². The minimum atomic E-state index is -0.307. The molecule has 2 heterocycles. The first-order valence-electron chi connectivity index (χ1n) is 8.34. The van der Waals surface area contributed by atoms with Gasteiger partial charge in [0.15, 0.2) is 5.76 Å². The number of aliphatic hydroxyl groups is 1. The van der Waals surface area contributed by atoms with Gasteiger partial charge >= 0.3 is 6.03 Å². The molecule has 1 atom stereocenters. The number of benzene rings is 1. The Hall–Kier alpha value is -2.34. The highest BCUT2D eigenvalue weighted by atomic mass is 16.4. The number of urea groups is 1. The van der Waals surface area contributed by atoms with Crippen molar-refractivity contribution >= 4 is 6.03 Å². The number of hydrogen-bond donors (Lipinski definition) is 2. The number of carbonyl (C=O) groups excluding carboxylic acids is 1. The molecule has 0 saturated carbocycles. The van der Waals surface area contributed by atoms with E-state index in [-0.39, 0.29) is 24.6 Å². The van der Waals surface area contributed by atoms with Crippen molar-refractivity contribution in [3.63, 3.8) is 0 Å². The quantitative estimate of drug-likeness (QED) is 0.904. The second kappa shape index (κ2) is 7.49. The van der Waals surface area contributed by atoms with E-state index in [1.807, 2.05) is 37.3 Å². The normalized spacial score (nSPS) is 16.8. The molecule has 6 nitrogen and oxygen atoms in total. The minimum Gasteiger partial charge on any atom is -0.439 e. The van der Waals surface area contributed by atoms with Gasteiger partial charge in [0.1, 0.15) is 0 Å². The van der Waals surface area contributed by atoms with Crippen molar-refractivity contribution < 1.29 is 14.3 Å². The summed E-state index contributed by atoms with van der Waals surface area (Å²) in [5, 5.41) is 12.5. The largest absolute Gasteiger partial charge is 0.439 e. The molecule has 3 rings (SSSR count). The van der Waals surface area contributed by atoms with Gasteiger partial charge in [-0.15, -0.1) is 0 Å². The first-order chi connectivity index (χ1) is 11.6. The molecule has 2 amide bonds. The molecule has 128 valence electrons. The van der Waals surface area contributed by atoms with Gasteiger partial charge in [-0.05, 0) is 25.7 Å². The van der Waals surface area contributed by atoms with Crippen LogP contribution in [0.1, 0.15) is 25.7 Å². The van der Waals surface area contributed by atoms with Crippen LogP contribution in [0.25, 0.3) is 11.3 Å². The van der Waals surface area contributed by atoms with Crippen molar-refractivity contribution in [3.05, 3.63) is 42.4 Å². The molecule has 1 unspecified atom stereocenters. The Labute approximate surface area is 141 Å². The number of piperidine rings is 1. The summed E-state index contributed by atoms with van der Waals surface area (Å²) in [7, 11) is 0. The highest BCUT2D eigenvalue weighted by molar-refractivity contribution is 5.74. The van der Waals surface area contributed by atoms with E-state index in [4.69, 9.17) is 4.42 Å². The van der Waals surface area contributed by atoms with Crippen LogP contribution in [-0.2, 0) is 6.54 Å². The highest BCUT2D eigenvalue weighted by Crippen LogP contribution is 2.21. The number of aliphatic hydroxyl groups excluding tert-OH is 1. The number of oxazole rings is 1. The van der Waals surface area contributed by atoms with Gasteiger partial charge in [-0.2, -0.15) is 0 Å². The van der Waals surface area contributed by atoms with Crippen LogP contribution in [-0.4, -0.2) is 40.2 Å². The number of amides is 2. The topological polar surface area (TPSA) is 78.6 Å². The zero-order valence-corrected chi connectivity index (χ0v) is 13.8. The monoisotopic (exact) mass is 329 g/mol. The second-order valence-corrected chi connectivity index (χ2v) is 6.21. The fourth-order valence-electron chi connectivity index (χ4n) is 2.98. The average molecular weight is 329 g/mol. The molecule has 0 aliphatic carbocycles. The van der Waals surface area contributed by atoms with E-state index in [2.05, 4.69) is 10.3 Å². The fourth-order valence-corrected chi connectivity index (χ4v) is 2.98. The zero-order valence-electron chi connectivity index (χ0n) is 13.8. The average Bonchev–Trinajstić information content (AvgIpc) is 3.09. The maximum atomic E-state index is 12.2. The van der Waals surface area contributed by atoms with E-state index in [1.165, 1.54) is 0 Å². The molecule has 0 bridgehead atoms. The molecule has 2 aromatic rings. The molecular weight excluding hydrogens is 306 g/mol. The molecule has 2 N–H and O–H groups in total. The maximum absolute atomic E-state index is 12.2. The van der Waals surface area contributed by atoms with Crippen molar-refractivity contribution in [2.24, 2.45) is 5.92 Å². The van der Waals surface area contributed by atoms with Gasteiger partial charge in [0, 0.05) is 18.7 Å². The van der Waals surface area contributed by atoms with Crippen molar-refractivity contribution in [1.29, 1.82) is 0 Å². The molecule has 6 heteroatoms. The molecule has 1 aliphatic rings. The van der Waals surface area contributed by atoms with Gasteiger partial charge in [-0.25, -0.2) is 9.78 Å². The van der Waals surface area contributed by atoms with Crippen LogP contribution in [0.4, 0.5) is 4.79 Å². The van der Waals surface area contributed by atoms with E-state index in [9.17, 15) is 9.90 Å². The Morgan fingerprint density at radius 3 is 2.75 bits per heavy atom. The van der Waals surface area contributed by atoms with Gasteiger partial charge in [-0.3, -0.25) is 0 Å². The molecule has 0 radical (unpaired) electrons.